The molecule has 0 bridgehead atoms. The molecule has 1 unspecified atom stereocenters. The first-order valence-corrected chi connectivity index (χ1v) is 6.02. The number of methoxy groups -OCH3 is 1. The number of hydrogen-bond acceptors (Lipinski definition) is 3. The first-order chi connectivity index (χ1) is 7.69. The van der Waals surface area contributed by atoms with Crippen LogP contribution in [-0.4, -0.2) is 24.9 Å². The van der Waals surface area contributed by atoms with Crippen LogP contribution in [0.4, 0.5) is 0 Å². The van der Waals surface area contributed by atoms with Crippen LogP contribution in [-0.2, 0) is 11.3 Å². The number of para-hydroxylation sites is 1. The van der Waals surface area contributed by atoms with Gasteiger partial charge in [-0.15, -0.1) is 0 Å². The number of aliphatic hydroxyl groups is 1. The third-order valence-electron chi connectivity index (χ3n) is 2.27. The van der Waals surface area contributed by atoms with Crippen molar-refractivity contribution in [1.82, 2.24) is 0 Å². The molecule has 0 aliphatic carbocycles. The summed E-state index contributed by atoms with van der Waals surface area (Å²) in [5, 5.41) is 9.21. The van der Waals surface area contributed by atoms with E-state index in [0.717, 1.165) is 16.5 Å². The van der Waals surface area contributed by atoms with E-state index in [1.807, 2.05) is 25.1 Å². The highest BCUT2D eigenvalue weighted by atomic mass is 79.9. The van der Waals surface area contributed by atoms with Crippen molar-refractivity contribution >= 4 is 15.9 Å². The normalized spacial score (nSPS) is 12.5. The van der Waals surface area contributed by atoms with Crippen LogP contribution >= 0.6 is 15.9 Å². The van der Waals surface area contributed by atoms with Gasteiger partial charge in [0.25, 0.3) is 0 Å². The summed E-state index contributed by atoms with van der Waals surface area (Å²) in [6, 6.07) is 5.63. The molecule has 0 fully saturated rings. The van der Waals surface area contributed by atoms with Gasteiger partial charge in [0, 0.05) is 25.7 Å². The molecule has 0 aliphatic heterocycles. The second-order valence-corrected chi connectivity index (χ2v) is 4.45. The van der Waals surface area contributed by atoms with Gasteiger partial charge in [0.15, 0.2) is 0 Å². The van der Waals surface area contributed by atoms with Crippen LogP contribution in [0.5, 0.6) is 5.75 Å². The molecule has 0 heterocycles. The van der Waals surface area contributed by atoms with Crippen LogP contribution in [0.25, 0.3) is 0 Å². The maximum Gasteiger partial charge on any atom is 0.139 e. The Kier molecular flexibility index (Phi) is 5.80. The molecule has 0 amide bonds. The molecule has 4 heteroatoms. The molecule has 1 N–H and O–H groups in total. The minimum absolute atomic E-state index is 0.0221. The summed E-state index contributed by atoms with van der Waals surface area (Å²) in [4.78, 5) is 0. The third kappa shape index (κ3) is 3.77. The topological polar surface area (TPSA) is 38.7 Å². The SMILES string of the molecule is COCCC(C)Oc1c(Br)cccc1CO. The highest BCUT2D eigenvalue weighted by Crippen LogP contribution is 2.30. The van der Waals surface area contributed by atoms with Crippen LogP contribution in [0.15, 0.2) is 22.7 Å². The van der Waals surface area contributed by atoms with E-state index in [4.69, 9.17) is 9.47 Å². The van der Waals surface area contributed by atoms with E-state index in [2.05, 4.69) is 15.9 Å². The Bertz CT molecular complexity index is 328. The fourth-order valence-electron chi connectivity index (χ4n) is 1.35. The summed E-state index contributed by atoms with van der Waals surface area (Å²) in [5.41, 5.74) is 0.790. The van der Waals surface area contributed by atoms with Gasteiger partial charge in [-0.2, -0.15) is 0 Å². The van der Waals surface area contributed by atoms with Crippen molar-refractivity contribution in [3.63, 3.8) is 0 Å². The molecule has 90 valence electrons. The predicted molar refractivity (Wildman–Crippen MR) is 66.6 cm³/mol. The van der Waals surface area contributed by atoms with Crippen molar-refractivity contribution in [3.8, 4) is 5.75 Å². The third-order valence-corrected chi connectivity index (χ3v) is 2.89. The van der Waals surface area contributed by atoms with Gasteiger partial charge in [-0.3, -0.25) is 0 Å². The lowest BCUT2D eigenvalue weighted by Crippen LogP contribution is -2.15. The summed E-state index contributed by atoms with van der Waals surface area (Å²) in [5.74, 6) is 0.716. The van der Waals surface area contributed by atoms with Gasteiger partial charge in [0.1, 0.15) is 5.75 Å². The zero-order valence-electron chi connectivity index (χ0n) is 9.57. The van der Waals surface area contributed by atoms with Gasteiger partial charge in [-0.05, 0) is 28.9 Å². The maximum atomic E-state index is 9.21. The van der Waals surface area contributed by atoms with Crippen LogP contribution in [0.3, 0.4) is 0 Å². The molecular formula is C12H17BrO3. The largest absolute Gasteiger partial charge is 0.489 e. The predicted octanol–water partition coefficient (Wildman–Crippen LogP) is 2.75. The van der Waals surface area contributed by atoms with Crippen LogP contribution < -0.4 is 4.74 Å². The Morgan fingerprint density at radius 1 is 1.44 bits per heavy atom. The Morgan fingerprint density at radius 3 is 2.81 bits per heavy atom. The molecule has 3 nitrogen and oxygen atoms in total. The van der Waals surface area contributed by atoms with E-state index in [9.17, 15) is 5.11 Å². The molecule has 0 spiro atoms. The molecule has 0 saturated heterocycles. The summed E-state index contributed by atoms with van der Waals surface area (Å²) >= 11 is 3.42. The van der Waals surface area contributed by atoms with E-state index < -0.39 is 0 Å². The summed E-state index contributed by atoms with van der Waals surface area (Å²) in [7, 11) is 1.67. The average Bonchev–Trinajstić information content (AvgIpc) is 2.29. The van der Waals surface area contributed by atoms with Crippen molar-refractivity contribution < 1.29 is 14.6 Å². The smallest absolute Gasteiger partial charge is 0.139 e. The van der Waals surface area contributed by atoms with E-state index in [1.165, 1.54) is 0 Å². The molecule has 1 rings (SSSR count). The molecule has 1 aromatic carbocycles. The highest BCUT2D eigenvalue weighted by molar-refractivity contribution is 9.10. The summed E-state index contributed by atoms with van der Waals surface area (Å²) in [6.07, 6.45) is 0.881. The Balaban J connectivity index is 2.71. The van der Waals surface area contributed by atoms with E-state index in [1.54, 1.807) is 7.11 Å². The number of rotatable bonds is 6. The van der Waals surface area contributed by atoms with Crippen LogP contribution in [0.1, 0.15) is 18.9 Å². The van der Waals surface area contributed by atoms with Gasteiger partial charge in [0.2, 0.25) is 0 Å². The number of ether oxygens (including phenoxy) is 2. The van der Waals surface area contributed by atoms with Crippen LogP contribution in [0.2, 0.25) is 0 Å². The van der Waals surface area contributed by atoms with E-state index >= 15 is 0 Å². The monoisotopic (exact) mass is 288 g/mol. The minimum atomic E-state index is -0.0221. The molecule has 0 aromatic heterocycles. The molecule has 1 aromatic rings. The fourth-order valence-corrected chi connectivity index (χ4v) is 1.85. The lowest BCUT2D eigenvalue weighted by Gasteiger charge is -2.17. The second-order valence-electron chi connectivity index (χ2n) is 3.60. The molecule has 0 aliphatic rings. The van der Waals surface area contributed by atoms with Crippen molar-refractivity contribution in [1.29, 1.82) is 0 Å². The molecule has 0 radical (unpaired) electrons. The van der Waals surface area contributed by atoms with Crippen LogP contribution in [0, 0.1) is 0 Å². The Hall–Kier alpha value is -0.580. The molecule has 16 heavy (non-hydrogen) atoms. The molecular weight excluding hydrogens is 272 g/mol. The zero-order chi connectivity index (χ0) is 12.0. The van der Waals surface area contributed by atoms with Gasteiger partial charge in [-0.1, -0.05) is 12.1 Å². The average molecular weight is 289 g/mol. The van der Waals surface area contributed by atoms with Crippen molar-refractivity contribution in [2.75, 3.05) is 13.7 Å². The van der Waals surface area contributed by atoms with Gasteiger partial charge < -0.3 is 14.6 Å². The number of benzene rings is 1. The first kappa shape index (κ1) is 13.5. The van der Waals surface area contributed by atoms with Crippen molar-refractivity contribution in [2.45, 2.75) is 26.1 Å². The Morgan fingerprint density at radius 2 is 2.19 bits per heavy atom. The number of hydrogen-bond donors (Lipinski definition) is 1. The lowest BCUT2D eigenvalue weighted by molar-refractivity contribution is 0.132. The zero-order valence-corrected chi connectivity index (χ0v) is 11.2. The molecule has 0 saturated carbocycles. The minimum Gasteiger partial charge on any atom is -0.489 e. The lowest BCUT2D eigenvalue weighted by atomic mass is 10.2. The van der Waals surface area contributed by atoms with E-state index in [0.29, 0.717) is 12.4 Å². The summed E-state index contributed by atoms with van der Waals surface area (Å²) in [6.45, 7) is 2.63. The second kappa shape index (κ2) is 6.89. The van der Waals surface area contributed by atoms with Gasteiger partial charge in [-0.25, -0.2) is 0 Å². The van der Waals surface area contributed by atoms with Crippen molar-refractivity contribution in [3.05, 3.63) is 28.2 Å². The fraction of sp³-hybridized carbons (Fsp3) is 0.500. The van der Waals surface area contributed by atoms with Gasteiger partial charge >= 0.3 is 0 Å². The summed E-state index contributed by atoms with van der Waals surface area (Å²) < 4.78 is 11.6. The number of halogens is 1. The number of aliphatic hydroxyl groups excluding tert-OH is 1. The highest BCUT2D eigenvalue weighted by Gasteiger charge is 2.11. The van der Waals surface area contributed by atoms with E-state index in [-0.39, 0.29) is 12.7 Å². The Labute approximate surface area is 105 Å². The standard InChI is InChI=1S/C12H17BrO3/c1-9(6-7-15-2)16-12-10(8-14)4-3-5-11(12)13/h3-5,9,14H,6-8H2,1-2H3. The maximum absolute atomic E-state index is 9.21. The molecule has 1 atom stereocenters. The quantitative estimate of drug-likeness (QED) is 0.875. The van der Waals surface area contributed by atoms with Crippen molar-refractivity contribution in [2.24, 2.45) is 0 Å². The van der Waals surface area contributed by atoms with Gasteiger partial charge in [0.05, 0.1) is 17.2 Å². The first-order valence-electron chi connectivity index (χ1n) is 5.23.